The summed E-state index contributed by atoms with van der Waals surface area (Å²) < 4.78 is 70.9. The highest BCUT2D eigenvalue weighted by Gasteiger charge is 2.37. The van der Waals surface area contributed by atoms with E-state index in [0.29, 0.717) is 35.1 Å². The second-order valence-electron chi connectivity index (χ2n) is 14.6. The van der Waals surface area contributed by atoms with Crippen LogP contribution in [0.5, 0.6) is 0 Å². The van der Waals surface area contributed by atoms with Crippen molar-refractivity contribution in [2.75, 3.05) is 12.9 Å². The molecular weight excluding hydrogens is 816 g/mol. The molecule has 4 rings (SSSR count). The number of amides is 1. The molecule has 324 valence electrons. The largest absolute Gasteiger partial charge is 0.465 e. The van der Waals surface area contributed by atoms with Crippen LogP contribution in [0.2, 0.25) is 0 Å². The van der Waals surface area contributed by atoms with Gasteiger partial charge >= 0.3 is 18.1 Å². The minimum Gasteiger partial charge on any atom is -0.465 e. The number of nitrogens with zero attached hydrogens (tertiary/aromatic N) is 1. The van der Waals surface area contributed by atoms with Crippen molar-refractivity contribution in [1.82, 2.24) is 5.32 Å². The Morgan fingerprint density at radius 3 is 2.05 bits per heavy atom. The summed E-state index contributed by atoms with van der Waals surface area (Å²) in [5.41, 5.74) is 9.46. The molecule has 0 bridgehead atoms. The topological polar surface area (TPSA) is 188 Å². The summed E-state index contributed by atoms with van der Waals surface area (Å²) in [7, 11) is -2.77. The Bertz CT molecular complexity index is 2300. The van der Waals surface area contributed by atoms with Gasteiger partial charge in [-0.05, 0) is 78.5 Å². The molecule has 0 saturated carbocycles. The fraction of sp³-hybridized carbons (Fsp3) is 0.333. The van der Waals surface area contributed by atoms with Gasteiger partial charge in [0.25, 0.3) is 0 Å². The molecule has 0 fully saturated rings. The molecule has 0 saturated heterocycles. The van der Waals surface area contributed by atoms with Gasteiger partial charge < -0.3 is 20.6 Å². The first-order valence-electron chi connectivity index (χ1n) is 19.5. The van der Waals surface area contributed by atoms with Gasteiger partial charge in [-0.2, -0.15) is 13.2 Å². The molecule has 4 aromatic rings. The molecule has 0 heterocycles. The average Bonchev–Trinajstić information content (AvgIpc) is 3.23. The van der Waals surface area contributed by atoms with E-state index < -0.39 is 75.3 Å². The molecule has 0 aromatic heterocycles. The number of methoxy groups -OCH3 is 1. The number of nitrogens with one attached hydrogen (secondary N) is 1. The Morgan fingerprint density at radius 2 is 1.38 bits per heavy atom. The fourth-order valence-corrected chi connectivity index (χ4v) is 8.28. The van der Waals surface area contributed by atoms with Crippen LogP contribution in [0.4, 0.5) is 13.2 Å². The number of amidine groups is 1. The molecule has 0 aliphatic heterocycles. The van der Waals surface area contributed by atoms with Gasteiger partial charge in [0.2, 0.25) is 11.7 Å². The lowest BCUT2D eigenvalue weighted by molar-refractivity contribution is -0.171. The maximum atomic E-state index is 14.2. The molecule has 3 N–H and O–H groups in total. The Hall–Kier alpha value is -6.16. The van der Waals surface area contributed by atoms with Crippen LogP contribution in [0.15, 0.2) is 108 Å². The maximum Gasteiger partial charge on any atom is 0.449 e. The molecule has 12 nitrogen and oxygen atoms in total. The maximum absolute atomic E-state index is 14.2. The number of ketones is 2. The molecule has 1 amide bonds. The van der Waals surface area contributed by atoms with Crippen molar-refractivity contribution < 1.29 is 55.1 Å². The SMILES string of the molecule is COC(=O)c1cccc(CS(=O)(=O)C[C@H](CCCc2ccccc2)C(=O)N[C@@H](Cc2cccc(CCC(=O)C(F)(F)F)c2)C(=O)CCc2ccc(/C(N)=N\OC(C)=O)cc2)c1. The smallest absolute Gasteiger partial charge is 0.449 e. The number of hydrogen-bond donors (Lipinski definition) is 2. The molecule has 2 atom stereocenters. The fourth-order valence-electron chi connectivity index (χ4n) is 6.55. The van der Waals surface area contributed by atoms with Gasteiger partial charge in [0.1, 0.15) is 0 Å². The van der Waals surface area contributed by atoms with E-state index >= 15 is 0 Å². The van der Waals surface area contributed by atoms with Crippen LogP contribution in [0.3, 0.4) is 0 Å². The monoisotopic (exact) mass is 863 g/mol. The lowest BCUT2D eigenvalue weighted by atomic mass is 9.94. The van der Waals surface area contributed by atoms with E-state index in [2.05, 4.69) is 15.3 Å². The third kappa shape index (κ3) is 16.1. The van der Waals surface area contributed by atoms with E-state index in [1.54, 1.807) is 54.6 Å². The number of halogens is 3. The van der Waals surface area contributed by atoms with Crippen LogP contribution in [0.25, 0.3) is 0 Å². The second-order valence-corrected chi connectivity index (χ2v) is 16.7. The zero-order chi connectivity index (χ0) is 44.6. The first-order chi connectivity index (χ1) is 28.9. The van der Waals surface area contributed by atoms with Gasteiger partial charge in [-0.25, -0.2) is 18.0 Å². The molecule has 4 aromatic carbocycles. The number of nitrogens with two attached hydrogens (primary N) is 1. The lowest BCUT2D eigenvalue weighted by Gasteiger charge is -2.23. The number of alkyl halides is 3. The Kier molecular flexibility index (Phi) is 17.5. The highest BCUT2D eigenvalue weighted by molar-refractivity contribution is 7.90. The van der Waals surface area contributed by atoms with Gasteiger partial charge in [-0.1, -0.05) is 96.2 Å². The number of carbonyl (C=O) groups excluding carboxylic acids is 5. The quantitative estimate of drug-likeness (QED) is 0.0303. The minimum absolute atomic E-state index is 0.0411. The Balaban J connectivity index is 1.58. The summed E-state index contributed by atoms with van der Waals surface area (Å²) in [6.07, 6.45) is -4.69. The van der Waals surface area contributed by atoms with Crippen molar-refractivity contribution >= 4 is 45.1 Å². The molecule has 16 heteroatoms. The van der Waals surface area contributed by atoms with E-state index in [4.69, 9.17) is 10.5 Å². The zero-order valence-electron chi connectivity index (χ0n) is 33.8. The first kappa shape index (κ1) is 47.5. The number of benzene rings is 4. The minimum atomic E-state index is -4.97. The van der Waals surface area contributed by atoms with Gasteiger partial charge in [-0.3, -0.25) is 14.4 Å². The molecule has 0 aliphatic carbocycles. The highest BCUT2D eigenvalue weighted by atomic mass is 32.2. The predicted octanol–water partition coefficient (Wildman–Crippen LogP) is 6.20. The Labute approximate surface area is 352 Å². The number of Topliss-reactive ketones (excluding diaryl/α,β-unsaturated/α-hetero) is 2. The first-order valence-corrected chi connectivity index (χ1v) is 21.3. The van der Waals surface area contributed by atoms with Crippen LogP contribution < -0.4 is 11.1 Å². The van der Waals surface area contributed by atoms with Crippen molar-refractivity contribution in [3.8, 4) is 0 Å². The second kappa shape index (κ2) is 22.4. The van der Waals surface area contributed by atoms with Crippen molar-refractivity contribution in [1.29, 1.82) is 0 Å². The predicted molar refractivity (Wildman–Crippen MR) is 222 cm³/mol. The molecule has 0 unspecified atom stereocenters. The third-order valence-electron chi connectivity index (χ3n) is 9.70. The number of esters is 1. The number of carbonyl (C=O) groups is 5. The van der Waals surface area contributed by atoms with Gasteiger partial charge in [0.05, 0.1) is 36.1 Å². The molecular formula is C45H48F3N3O9S. The normalized spacial score (nSPS) is 12.8. The van der Waals surface area contributed by atoms with Crippen LogP contribution in [-0.2, 0) is 70.0 Å². The van der Waals surface area contributed by atoms with Gasteiger partial charge in [-0.15, -0.1) is 0 Å². The van der Waals surface area contributed by atoms with Gasteiger partial charge in [0.15, 0.2) is 21.5 Å². The number of aryl methyl sites for hydroxylation is 3. The number of sulfone groups is 1. The number of hydrogen-bond acceptors (Lipinski definition) is 10. The van der Waals surface area contributed by atoms with E-state index in [0.717, 1.165) is 11.1 Å². The number of ether oxygens (including phenoxy) is 1. The van der Waals surface area contributed by atoms with Crippen LogP contribution >= 0.6 is 0 Å². The van der Waals surface area contributed by atoms with E-state index in [1.807, 2.05) is 30.3 Å². The van der Waals surface area contributed by atoms with Gasteiger partial charge in [0, 0.05) is 25.3 Å². The van der Waals surface area contributed by atoms with E-state index in [1.165, 1.54) is 32.2 Å². The van der Waals surface area contributed by atoms with Crippen LogP contribution in [-0.4, -0.2) is 68.7 Å². The van der Waals surface area contributed by atoms with Crippen molar-refractivity contribution in [2.45, 2.75) is 76.3 Å². The van der Waals surface area contributed by atoms with Crippen molar-refractivity contribution in [3.05, 3.63) is 142 Å². The standard InChI is InChI=1S/C45H48F3N3O9S/c1-30(52)60-51-42(49)36-21-17-32(18-22-36)19-23-40(53)39(27-34-13-6-12-33(25-34)20-24-41(54)45(46,47)48)50-43(55)38(16-7-11-31-9-4-3-5-10-31)29-61(57,58)28-35-14-8-15-37(26-35)44(56)59-2/h3-6,8-10,12-15,17-18,21-22,25-26,38-39H,7,11,16,19-20,23-24,27-29H2,1-2H3,(H2,49,51)(H,50,55)/t38-,39-/m0/s1. The zero-order valence-corrected chi connectivity index (χ0v) is 34.6. The van der Waals surface area contributed by atoms with E-state index in [9.17, 15) is 45.6 Å². The van der Waals surface area contributed by atoms with E-state index in [-0.39, 0.29) is 43.5 Å². The van der Waals surface area contributed by atoms with Crippen LogP contribution in [0.1, 0.15) is 76.3 Å². The third-order valence-corrected chi connectivity index (χ3v) is 11.4. The summed E-state index contributed by atoms with van der Waals surface area (Å²) >= 11 is 0. The molecule has 61 heavy (non-hydrogen) atoms. The van der Waals surface area contributed by atoms with Crippen molar-refractivity contribution in [3.63, 3.8) is 0 Å². The highest BCUT2D eigenvalue weighted by Crippen LogP contribution is 2.22. The number of rotatable bonds is 22. The molecule has 0 radical (unpaired) electrons. The summed E-state index contributed by atoms with van der Waals surface area (Å²) in [6, 6.07) is 27.3. The summed E-state index contributed by atoms with van der Waals surface area (Å²) in [6.45, 7) is 1.17. The van der Waals surface area contributed by atoms with Crippen molar-refractivity contribution in [2.24, 2.45) is 16.8 Å². The summed E-state index contributed by atoms with van der Waals surface area (Å²) in [4.78, 5) is 67.6. The summed E-state index contributed by atoms with van der Waals surface area (Å²) in [5, 5.41) is 6.37. The summed E-state index contributed by atoms with van der Waals surface area (Å²) in [5.74, 6) is -6.36. The molecule has 0 spiro atoms. The average molecular weight is 864 g/mol. The molecule has 0 aliphatic rings. The Morgan fingerprint density at radius 1 is 0.754 bits per heavy atom. The number of oxime groups is 1. The van der Waals surface area contributed by atoms with Crippen LogP contribution in [0, 0.1) is 5.92 Å². The lowest BCUT2D eigenvalue weighted by Crippen LogP contribution is -2.46.